The van der Waals surface area contributed by atoms with Gasteiger partial charge >= 0.3 is 17.6 Å². The van der Waals surface area contributed by atoms with Crippen LogP contribution >= 0.6 is 15.9 Å². The number of hydrogen-bond acceptors (Lipinski definition) is 7. The number of carbonyl (C=O) groups is 2. The first kappa shape index (κ1) is 23.6. The van der Waals surface area contributed by atoms with E-state index in [1.165, 1.54) is 12.1 Å². The maximum absolute atomic E-state index is 15.5. The van der Waals surface area contributed by atoms with Crippen molar-refractivity contribution in [1.82, 2.24) is 9.55 Å². The van der Waals surface area contributed by atoms with Gasteiger partial charge in [0.2, 0.25) is 0 Å². The fourth-order valence-corrected chi connectivity index (χ4v) is 3.74. The van der Waals surface area contributed by atoms with E-state index in [1.807, 2.05) is 4.98 Å². The maximum atomic E-state index is 15.5. The van der Waals surface area contributed by atoms with Gasteiger partial charge < -0.3 is 14.2 Å². The van der Waals surface area contributed by atoms with E-state index in [9.17, 15) is 19.2 Å². The van der Waals surface area contributed by atoms with Gasteiger partial charge in [0.1, 0.15) is 12.7 Å². The topological polar surface area (TPSA) is 117 Å². The van der Waals surface area contributed by atoms with Crippen LogP contribution in [-0.4, -0.2) is 46.5 Å². The fraction of sp³-hybridized carbons (Fsp3) is 0.217. The molecule has 2 aromatic carbocycles. The number of aromatic nitrogens is 2. The van der Waals surface area contributed by atoms with Crippen molar-refractivity contribution in [2.45, 2.75) is 24.6 Å². The second-order valence-corrected chi connectivity index (χ2v) is 8.21. The van der Waals surface area contributed by atoms with Crippen LogP contribution in [0.5, 0.6) is 0 Å². The first-order valence-corrected chi connectivity index (χ1v) is 10.9. The van der Waals surface area contributed by atoms with Crippen molar-refractivity contribution in [3.63, 3.8) is 0 Å². The third kappa shape index (κ3) is 5.00. The van der Waals surface area contributed by atoms with Gasteiger partial charge in [0.05, 0.1) is 15.6 Å². The number of benzene rings is 2. The lowest BCUT2D eigenvalue weighted by molar-refractivity contribution is -0.0592. The molecule has 4 rings (SSSR count). The Morgan fingerprint density at radius 1 is 1.00 bits per heavy atom. The Kier molecular flexibility index (Phi) is 7.03. The molecule has 1 aliphatic rings. The van der Waals surface area contributed by atoms with E-state index in [0.717, 1.165) is 10.8 Å². The average molecular weight is 533 g/mol. The number of carbonyl (C=O) groups excluding carboxylic acids is 2. The standard InChI is InChI=1S/C23H18BrFN2O7/c24-15-11-27(23(31)26-19(15)28)20-17(25)18(34-22(30)14-9-5-2-6-10-14)16(33-20)12-32-21(29)13-7-3-1-4-8-13/h1-11,16-18,20H,12H2,(H,26,28,31)/t16-,17+,18-,20-/m0/s1. The molecule has 0 unspecified atom stereocenters. The Hall–Kier alpha value is -3.57. The Balaban J connectivity index is 1.59. The number of halogens is 2. The SMILES string of the molecule is O=C(OC[C@@H]1O[C@H](n2cc(Br)c(=O)[nH]c2=O)[C@H](F)[C@H]1OC(=O)c1ccccc1)c1ccccc1. The lowest BCUT2D eigenvalue weighted by atomic mass is 10.1. The summed E-state index contributed by atoms with van der Waals surface area (Å²) in [5, 5.41) is 0. The van der Waals surface area contributed by atoms with E-state index >= 15 is 4.39 Å². The number of ether oxygens (including phenoxy) is 3. The summed E-state index contributed by atoms with van der Waals surface area (Å²) < 4.78 is 32.6. The van der Waals surface area contributed by atoms with E-state index in [0.29, 0.717) is 0 Å². The normalized spacial score (nSPS) is 21.7. The van der Waals surface area contributed by atoms with Crippen molar-refractivity contribution in [3.05, 3.63) is 103 Å². The number of aromatic amines is 1. The molecule has 0 bridgehead atoms. The van der Waals surface area contributed by atoms with Crippen LogP contribution in [0.3, 0.4) is 0 Å². The molecule has 9 nitrogen and oxygen atoms in total. The van der Waals surface area contributed by atoms with E-state index in [-0.39, 0.29) is 15.6 Å². The van der Waals surface area contributed by atoms with Gasteiger partial charge in [0.15, 0.2) is 18.5 Å². The smallest absolute Gasteiger partial charge is 0.338 e. The molecule has 1 aliphatic heterocycles. The average Bonchev–Trinajstić information content (AvgIpc) is 3.15. The zero-order valence-electron chi connectivity index (χ0n) is 17.4. The number of rotatable bonds is 6. The summed E-state index contributed by atoms with van der Waals surface area (Å²) >= 11 is 2.99. The second kappa shape index (κ2) is 10.1. The van der Waals surface area contributed by atoms with Gasteiger partial charge in [-0.15, -0.1) is 0 Å². The Bertz CT molecular complexity index is 1300. The van der Waals surface area contributed by atoms with Crippen LogP contribution in [0.15, 0.2) is 80.9 Å². The van der Waals surface area contributed by atoms with Crippen LogP contribution in [0.4, 0.5) is 4.39 Å². The van der Waals surface area contributed by atoms with Crippen molar-refractivity contribution in [2.24, 2.45) is 0 Å². The highest BCUT2D eigenvalue weighted by Gasteiger charge is 2.49. The first-order chi connectivity index (χ1) is 16.3. The van der Waals surface area contributed by atoms with Gasteiger partial charge in [-0.2, -0.15) is 0 Å². The summed E-state index contributed by atoms with van der Waals surface area (Å²) in [6.45, 7) is -0.448. The van der Waals surface area contributed by atoms with Crippen LogP contribution in [0.2, 0.25) is 0 Å². The molecule has 2 heterocycles. The lowest BCUT2D eigenvalue weighted by Gasteiger charge is -2.19. The Labute approximate surface area is 200 Å². The molecule has 1 saturated heterocycles. The first-order valence-electron chi connectivity index (χ1n) is 10.1. The number of H-pyrrole nitrogens is 1. The third-order valence-corrected chi connectivity index (χ3v) is 5.67. The zero-order chi connectivity index (χ0) is 24.2. The summed E-state index contributed by atoms with van der Waals surface area (Å²) in [7, 11) is 0. The minimum absolute atomic E-state index is 0.0281. The largest absolute Gasteiger partial charge is 0.459 e. The molecule has 3 aromatic rings. The molecule has 0 amide bonds. The van der Waals surface area contributed by atoms with Crippen molar-refractivity contribution < 1.29 is 28.2 Å². The molecule has 176 valence electrons. The van der Waals surface area contributed by atoms with Gasteiger partial charge in [-0.1, -0.05) is 36.4 Å². The van der Waals surface area contributed by atoms with Crippen molar-refractivity contribution >= 4 is 27.9 Å². The number of alkyl halides is 1. The third-order valence-electron chi connectivity index (χ3n) is 5.11. The fourth-order valence-electron chi connectivity index (χ4n) is 3.42. The van der Waals surface area contributed by atoms with Crippen LogP contribution in [0, 0.1) is 0 Å². The van der Waals surface area contributed by atoms with E-state index in [2.05, 4.69) is 15.9 Å². The molecular weight excluding hydrogens is 515 g/mol. The van der Waals surface area contributed by atoms with Crippen molar-refractivity contribution in [1.29, 1.82) is 0 Å². The van der Waals surface area contributed by atoms with Crippen LogP contribution in [0.25, 0.3) is 0 Å². The number of hydrogen-bond donors (Lipinski definition) is 1. The number of nitrogens with one attached hydrogen (secondary N) is 1. The summed E-state index contributed by atoms with van der Waals surface area (Å²) in [5.41, 5.74) is -1.17. The monoisotopic (exact) mass is 532 g/mol. The highest BCUT2D eigenvalue weighted by atomic mass is 79.9. The van der Waals surface area contributed by atoms with Crippen LogP contribution in [-0.2, 0) is 14.2 Å². The van der Waals surface area contributed by atoms with E-state index in [4.69, 9.17) is 14.2 Å². The van der Waals surface area contributed by atoms with Gasteiger partial charge in [0.25, 0.3) is 5.56 Å². The van der Waals surface area contributed by atoms with Gasteiger partial charge in [-0.3, -0.25) is 14.3 Å². The summed E-state index contributed by atoms with van der Waals surface area (Å²) in [5.74, 6) is -1.49. The zero-order valence-corrected chi connectivity index (χ0v) is 19.0. The summed E-state index contributed by atoms with van der Waals surface area (Å²) in [6.07, 6.45) is -5.21. The van der Waals surface area contributed by atoms with Crippen LogP contribution < -0.4 is 11.2 Å². The van der Waals surface area contributed by atoms with Crippen LogP contribution in [0.1, 0.15) is 26.9 Å². The second-order valence-electron chi connectivity index (χ2n) is 7.35. The van der Waals surface area contributed by atoms with Gasteiger partial charge in [0, 0.05) is 6.20 Å². The van der Waals surface area contributed by atoms with Gasteiger partial charge in [-0.05, 0) is 40.2 Å². The quantitative estimate of drug-likeness (QED) is 0.485. The predicted octanol–water partition coefficient (Wildman–Crippen LogP) is 2.62. The molecule has 1 aromatic heterocycles. The summed E-state index contributed by atoms with van der Waals surface area (Å²) in [4.78, 5) is 50.9. The molecule has 34 heavy (non-hydrogen) atoms. The number of esters is 2. The number of nitrogens with zero attached hydrogens (tertiary/aromatic N) is 1. The molecule has 0 spiro atoms. The van der Waals surface area contributed by atoms with E-state index in [1.54, 1.807) is 48.5 Å². The molecule has 1 N–H and O–H groups in total. The predicted molar refractivity (Wildman–Crippen MR) is 120 cm³/mol. The molecular formula is C23H18BrFN2O7. The highest BCUT2D eigenvalue weighted by Crippen LogP contribution is 2.34. The molecule has 0 radical (unpaired) electrons. The molecule has 11 heteroatoms. The van der Waals surface area contributed by atoms with E-state index < -0.39 is 54.4 Å². The lowest BCUT2D eigenvalue weighted by Crippen LogP contribution is -2.38. The molecule has 0 saturated carbocycles. The minimum atomic E-state index is -2.01. The maximum Gasteiger partial charge on any atom is 0.338 e. The Morgan fingerprint density at radius 2 is 1.59 bits per heavy atom. The van der Waals surface area contributed by atoms with Gasteiger partial charge in [-0.25, -0.2) is 18.8 Å². The molecule has 1 fully saturated rings. The highest BCUT2D eigenvalue weighted by molar-refractivity contribution is 9.10. The van der Waals surface area contributed by atoms with Crippen molar-refractivity contribution in [2.75, 3.05) is 6.61 Å². The van der Waals surface area contributed by atoms with Crippen molar-refractivity contribution in [3.8, 4) is 0 Å². The Morgan fingerprint density at radius 3 is 2.21 bits per heavy atom. The summed E-state index contributed by atoms with van der Waals surface area (Å²) in [6, 6.07) is 16.1. The molecule has 0 aliphatic carbocycles. The molecule has 4 atom stereocenters. The minimum Gasteiger partial charge on any atom is -0.459 e.